The molecule has 52 valence electrons. The fraction of sp³-hybridized carbons (Fsp3) is 1.00. The minimum Gasteiger partial charge on any atom is -0.870 e. The molecule has 0 unspecified atom stereocenters. The quantitative estimate of drug-likeness (QED) is 0.444. The molecule has 0 bridgehead atoms. The molecule has 0 heterocycles. The Hall–Kier alpha value is 1.76. The van der Waals surface area contributed by atoms with E-state index in [4.69, 9.17) is 22.2 Å². The summed E-state index contributed by atoms with van der Waals surface area (Å²) in [4.78, 5) is 0. The Morgan fingerprint density at radius 1 is 1.33 bits per heavy atom. The molecular weight excluding hydrogens is 186 g/mol. The second-order valence-electron chi connectivity index (χ2n) is 1.82. The maximum Gasteiger partial charge on any atom is 1.00 e. The SMILES string of the molecule is CCC[Si](C)(Cl)Cl.[Na+].[OH-]. The molecule has 0 atom stereocenters. The van der Waals surface area contributed by atoms with Gasteiger partial charge in [0.15, 0.2) is 0 Å². The number of hydrogen-bond donors (Lipinski definition) is 0. The Morgan fingerprint density at radius 2 is 1.67 bits per heavy atom. The zero-order chi connectivity index (χ0) is 5.91. The summed E-state index contributed by atoms with van der Waals surface area (Å²) in [6.07, 6.45) is 1.11. The van der Waals surface area contributed by atoms with Gasteiger partial charge in [-0.15, -0.1) is 22.2 Å². The fourth-order valence-electron chi connectivity index (χ4n) is 0.439. The molecule has 0 saturated heterocycles. The van der Waals surface area contributed by atoms with Gasteiger partial charge in [-0.2, -0.15) is 0 Å². The first-order valence-corrected chi connectivity index (χ1v) is 7.17. The van der Waals surface area contributed by atoms with Crippen LogP contribution in [0.4, 0.5) is 0 Å². The Bertz CT molecular complexity index is 57.0. The predicted molar refractivity (Wildman–Crippen MR) is 40.4 cm³/mol. The first-order chi connectivity index (χ1) is 3.06. The van der Waals surface area contributed by atoms with Gasteiger partial charge in [-0.3, -0.25) is 0 Å². The second-order valence-corrected chi connectivity index (χ2v) is 10.0. The molecule has 0 spiro atoms. The second kappa shape index (κ2) is 7.86. The summed E-state index contributed by atoms with van der Waals surface area (Å²) in [5.74, 6) is 0. The average molecular weight is 197 g/mol. The molecular formula is C4H11Cl2NaOSi. The molecule has 0 amide bonds. The van der Waals surface area contributed by atoms with Crippen LogP contribution in [-0.2, 0) is 0 Å². The van der Waals surface area contributed by atoms with Crippen LogP contribution in [0, 0.1) is 0 Å². The number of hydrogen-bond acceptors (Lipinski definition) is 1. The molecule has 0 aliphatic rings. The van der Waals surface area contributed by atoms with E-state index in [1.807, 2.05) is 6.55 Å². The minimum atomic E-state index is -1.71. The van der Waals surface area contributed by atoms with Crippen molar-refractivity contribution >= 4 is 28.9 Å². The maximum absolute atomic E-state index is 5.74. The first-order valence-electron chi connectivity index (χ1n) is 2.44. The molecule has 5 heteroatoms. The zero-order valence-electron chi connectivity index (χ0n) is 6.12. The van der Waals surface area contributed by atoms with Crippen LogP contribution in [0.15, 0.2) is 0 Å². The molecule has 0 aromatic heterocycles. The van der Waals surface area contributed by atoms with Crippen molar-refractivity contribution < 1.29 is 35.0 Å². The zero-order valence-corrected chi connectivity index (χ0v) is 10.6. The topological polar surface area (TPSA) is 30.0 Å². The van der Waals surface area contributed by atoms with Gasteiger partial charge in [0, 0.05) is 0 Å². The maximum atomic E-state index is 5.74. The molecule has 1 N–H and O–H groups in total. The van der Waals surface area contributed by atoms with Crippen LogP contribution >= 0.6 is 22.2 Å². The molecule has 0 fully saturated rings. The normalized spacial score (nSPS) is 9.33. The molecule has 0 aliphatic heterocycles. The molecule has 1 nitrogen and oxygen atoms in total. The van der Waals surface area contributed by atoms with Gasteiger partial charge in [0.25, 0.3) is 0 Å². The minimum absolute atomic E-state index is 0. The Morgan fingerprint density at radius 3 is 1.67 bits per heavy atom. The summed E-state index contributed by atoms with van der Waals surface area (Å²) in [5.41, 5.74) is 0. The summed E-state index contributed by atoms with van der Waals surface area (Å²) >= 11 is 11.5. The Balaban J connectivity index is -0.000000180. The third-order valence-corrected chi connectivity index (χ3v) is 3.20. The van der Waals surface area contributed by atoms with Crippen LogP contribution in [0.5, 0.6) is 0 Å². The van der Waals surface area contributed by atoms with E-state index in [2.05, 4.69) is 6.92 Å². The fourth-order valence-corrected chi connectivity index (χ4v) is 2.45. The van der Waals surface area contributed by atoms with E-state index >= 15 is 0 Å². The third-order valence-electron chi connectivity index (χ3n) is 0.689. The van der Waals surface area contributed by atoms with Gasteiger partial charge in [0.2, 0.25) is 6.69 Å². The van der Waals surface area contributed by atoms with Crippen molar-refractivity contribution in [3.8, 4) is 0 Å². The van der Waals surface area contributed by atoms with E-state index in [0.29, 0.717) is 0 Å². The van der Waals surface area contributed by atoms with Gasteiger partial charge in [-0.05, 0) is 12.6 Å². The molecule has 0 aliphatic carbocycles. The third kappa shape index (κ3) is 17.7. The summed E-state index contributed by atoms with van der Waals surface area (Å²) in [5, 5.41) is 0. The summed E-state index contributed by atoms with van der Waals surface area (Å²) in [6, 6.07) is 1.01. The molecule has 0 saturated carbocycles. The van der Waals surface area contributed by atoms with E-state index in [1.54, 1.807) is 0 Å². The summed E-state index contributed by atoms with van der Waals surface area (Å²) in [7, 11) is 0. The molecule has 0 aromatic rings. The number of halogens is 2. The van der Waals surface area contributed by atoms with E-state index in [1.165, 1.54) is 0 Å². The summed E-state index contributed by atoms with van der Waals surface area (Å²) in [6.45, 7) is 2.32. The van der Waals surface area contributed by atoms with E-state index in [-0.39, 0.29) is 35.0 Å². The van der Waals surface area contributed by atoms with Crippen LogP contribution in [0.1, 0.15) is 13.3 Å². The van der Waals surface area contributed by atoms with Crippen molar-refractivity contribution in [3.63, 3.8) is 0 Å². The van der Waals surface area contributed by atoms with Crippen molar-refractivity contribution in [2.24, 2.45) is 0 Å². The Kier molecular flexibility index (Phi) is 14.9. The molecule has 0 rings (SSSR count). The summed E-state index contributed by atoms with van der Waals surface area (Å²) < 4.78 is 0. The van der Waals surface area contributed by atoms with Crippen LogP contribution < -0.4 is 29.6 Å². The first kappa shape index (κ1) is 17.0. The van der Waals surface area contributed by atoms with Gasteiger partial charge >= 0.3 is 29.6 Å². The number of rotatable bonds is 2. The van der Waals surface area contributed by atoms with Gasteiger partial charge in [0.05, 0.1) is 0 Å². The van der Waals surface area contributed by atoms with E-state index in [9.17, 15) is 0 Å². The smallest absolute Gasteiger partial charge is 0.870 e. The average Bonchev–Trinajstić information content (AvgIpc) is 1.30. The van der Waals surface area contributed by atoms with Crippen LogP contribution in [-0.4, -0.2) is 12.2 Å². The molecule has 9 heavy (non-hydrogen) atoms. The van der Waals surface area contributed by atoms with Crippen molar-refractivity contribution in [1.82, 2.24) is 0 Å². The van der Waals surface area contributed by atoms with Gasteiger partial charge < -0.3 is 5.48 Å². The van der Waals surface area contributed by atoms with Crippen molar-refractivity contribution in [3.05, 3.63) is 0 Å². The monoisotopic (exact) mass is 196 g/mol. The van der Waals surface area contributed by atoms with Crippen molar-refractivity contribution in [2.75, 3.05) is 0 Å². The van der Waals surface area contributed by atoms with Crippen LogP contribution in [0.3, 0.4) is 0 Å². The van der Waals surface area contributed by atoms with Gasteiger partial charge in [-0.25, -0.2) is 0 Å². The van der Waals surface area contributed by atoms with Crippen LogP contribution in [0.2, 0.25) is 12.6 Å². The van der Waals surface area contributed by atoms with E-state index < -0.39 is 6.69 Å². The van der Waals surface area contributed by atoms with Gasteiger partial charge in [0.1, 0.15) is 0 Å². The van der Waals surface area contributed by atoms with Crippen molar-refractivity contribution in [2.45, 2.75) is 25.9 Å². The van der Waals surface area contributed by atoms with Crippen molar-refractivity contribution in [1.29, 1.82) is 0 Å². The molecule has 0 radical (unpaired) electrons. The van der Waals surface area contributed by atoms with Gasteiger partial charge in [-0.1, -0.05) is 13.3 Å². The standard InChI is InChI=1S/C4H10Cl2Si.Na.H2O/c1-3-4-7(2,5)6;;/h3-4H2,1-2H3;;1H2/q;+1;/p-1. The predicted octanol–water partition coefficient (Wildman–Crippen LogP) is -0.227. The largest absolute Gasteiger partial charge is 1.00 e. The molecule has 0 aromatic carbocycles. The Labute approximate surface area is 89.1 Å². The van der Waals surface area contributed by atoms with E-state index in [0.717, 1.165) is 12.5 Å². The van der Waals surface area contributed by atoms with Crippen LogP contribution in [0.25, 0.3) is 0 Å².